The molecule has 0 atom stereocenters. The summed E-state index contributed by atoms with van der Waals surface area (Å²) >= 11 is 5.82. The Balaban J connectivity index is 2.49. The Morgan fingerprint density at radius 2 is 1.81 bits per heavy atom. The molecule has 0 aliphatic carbocycles. The predicted octanol–water partition coefficient (Wildman–Crippen LogP) is 3.53. The fourth-order valence-electron chi connectivity index (χ4n) is 1.48. The largest absolute Gasteiger partial charge is 0.506 e. The number of benzene rings is 2. The van der Waals surface area contributed by atoms with Gasteiger partial charge in [0.2, 0.25) is 0 Å². The Morgan fingerprint density at radius 3 is 2.50 bits per heavy atom. The van der Waals surface area contributed by atoms with Crippen LogP contribution in [0.4, 0.5) is 0 Å². The van der Waals surface area contributed by atoms with E-state index < -0.39 is 0 Å². The summed E-state index contributed by atoms with van der Waals surface area (Å²) in [4.78, 5) is 10.6. The van der Waals surface area contributed by atoms with Gasteiger partial charge < -0.3 is 5.11 Å². The quantitative estimate of drug-likeness (QED) is 0.805. The number of aldehydes is 1. The monoisotopic (exact) mass is 232 g/mol. The van der Waals surface area contributed by atoms with Gasteiger partial charge in [0.25, 0.3) is 0 Å². The van der Waals surface area contributed by atoms with Gasteiger partial charge >= 0.3 is 0 Å². The predicted molar refractivity (Wildman–Crippen MR) is 63.9 cm³/mol. The van der Waals surface area contributed by atoms with Gasteiger partial charge in [0.1, 0.15) is 12.0 Å². The van der Waals surface area contributed by atoms with E-state index in [1.807, 2.05) is 6.07 Å². The van der Waals surface area contributed by atoms with E-state index in [4.69, 9.17) is 11.6 Å². The van der Waals surface area contributed by atoms with Gasteiger partial charge in [-0.1, -0.05) is 35.9 Å². The standard InChI is InChI=1S/C13H9ClO2/c14-12-7-11(4-5-13(12)16)10-3-1-2-9(6-10)8-15/h1-8,16H. The lowest BCUT2D eigenvalue weighted by atomic mass is 10.0. The Labute approximate surface area is 98.1 Å². The van der Waals surface area contributed by atoms with Crippen molar-refractivity contribution in [1.29, 1.82) is 0 Å². The first-order valence-corrected chi connectivity index (χ1v) is 5.12. The SMILES string of the molecule is O=Cc1cccc(-c2ccc(O)c(Cl)c2)c1. The van der Waals surface area contributed by atoms with Crippen LogP contribution in [0, 0.1) is 0 Å². The summed E-state index contributed by atoms with van der Waals surface area (Å²) < 4.78 is 0. The molecule has 0 heterocycles. The molecular formula is C13H9ClO2. The third kappa shape index (κ3) is 2.07. The van der Waals surface area contributed by atoms with Crippen molar-refractivity contribution in [3.8, 4) is 16.9 Å². The Morgan fingerprint density at radius 1 is 1.06 bits per heavy atom. The maximum Gasteiger partial charge on any atom is 0.150 e. The van der Waals surface area contributed by atoms with Crippen LogP contribution in [0.5, 0.6) is 5.75 Å². The highest BCUT2D eigenvalue weighted by Gasteiger charge is 2.02. The van der Waals surface area contributed by atoms with Gasteiger partial charge in [0.05, 0.1) is 5.02 Å². The van der Waals surface area contributed by atoms with E-state index in [9.17, 15) is 9.90 Å². The summed E-state index contributed by atoms with van der Waals surface area (Å²) in [5.41, 5.74) is 2.37. The van der Waals surface area contributed by atoms with E-state index in [0.717, 1.165) is 17.4 Å². The summed E-state index contributed by atoms with van der Waals surface area (Å²) in [5, 5.41) is 9.60. The van der Waals surface area contributed by atoms with E-state index >= 15 is 0 Å². The number of rotatable bonds is 2. The summed E-state index contributed by atoms with van der Waals surface area (Å²) in [6.45, 7) is 0. The molecule has 80 valence electrons. The van der Waals surface area contributed by atoms with Crippen molar-refractivity contribution < 1.29 is 9.90 Å². The van der Waals surface area contributed by atoms with Crippen molar-refractivity contribution in [3.63, 3.8) is 0 Å². The van der Waals surface area contributed by atoms with Crippen LogP contribution in [-0.4, -0.2) is 11.4 Å². The van der Waals surface area contributed by atoms with E-state index in [0.29, 0.717) is 10.6 Å². The Hall–Kier alpha value is -1.80. The zero-order valence-electron chi connectivity index (χ0n) is 8.35. The molecule has 2 nitrogen and oxygen atoms in total. The van der Waals surface area contributed by atoms with Crippen molar-refractivity contribution in [3.05, 3.63) is 53.1 Å². The van der Waals surface area contributed by atoms with E-state index in [2.05, 4.69) is 0 Å². The second kappa shape index (κ2) is 4.37. The molecule has 2 aromatic rings. The molecule has 0 unspecified atom stereocenters. The first-order chi connectivity index (χ1) is 7.70. The molecular weight excluding hydrogens is 224 g/mol. The summed E-state index contributed by atoms with van der Waals surface area (Å²) in [6.07, 6.45) is 0.797. The van der Waals surface area contributed by atoms with Gasteiger partial charge in [-0.15, -0.1) is 0 Å². The maximum atomic E-state index is 10.6. The van der Waals surface area contributed by atoms with Crippen LogP contribution in [0.3, 0.4) is 0 Å². The van der Waals surface area contributed by atoms with Crippen molar-refractivity contribution in [2.45, 2.75) is 0 Å². The van der Waals surface area contributed by atoms with Crippen LogP contribution in [0.2, 0.25) is 5.02 Å². The van der Waals surface area contributed by atoms with Crippen LogP contribution in [-0.2, 0) is 0 Å². The molecule has 16 heavy (non-hydrogen) atoms. The number of phenolic OH excluding ortho intramolecular Hbond substituents is 1. The van der Waals surface area contributed by atoms with Crippen molar-refractivity contribution >= 4 is 17.9 Å². The minimum absolute atomic E-state index is 0.0527. The molecule has 0 saturated heterocycles. The van der Waals surface area contributed by atoms with Gasteiger partial charge in [0, 0.05) is 5.56 Å². The summed E-state index contributed by atoms with van der Waals surface area (Å²) in [6, 6.07) is 12.2. The van der Waals surface area contributed by atoms with Crippen LogP contribution >= 0.6 is 11.6 Å². The molecule has 3 heteroatoms. The second-order valence-corrected chi connectivity index (χ2v) is 3.82. The molecule has 0 saturated carbocycles. The summed E-state index contributed by atoms with van der Waals surface area (Å²) in [7, 11) is 0. The number of halogens is 1. The average molecular weight is 233 g/mol. The van der Waals surface area contributed by atoms with Gasteiger partial charge in [-0.25, -0.2) is 0 Å². The van der Waals surface area contributed by atoms with Gasteiger partial charge in [-0.05, 0) is 29.3 Å². The topological polar surface area (TPSA) is 37.3 Å². The number of aromatic hydroxyl groups is 1. The molecule has 0 bridgehead atoms. The first kappa shape index (κ1) is 10.7. The second-order valence-electron chi connectivity index (χ2n) is 3.41. The zero-order chi connectivity index (χ0) is 11.5. The van der Waals surface area contributed by atoms with Crippen molar-refractivity contribution in [2.24, 2.45) is 0 Å². The third-order valence-electron chi connectivity index (χ3n) is 2.30. The van der Waals surface area contributed by atoms with Crippen molar-refractivity contribution in [2.75, 3.05) is 0 Å². The number of hydrogen-bond acceptors (Lipinski definition) is 2. The smallest absolute Gasteiger partial charge is 0.150 e. The zero-order valence-corrected chi connectivity index (χ0v) is 9.11. The highest BCUT2D eigenvalue weighted by molar-refractivity contribution is 6.32. The van der Waals surface area contributed by atoms with Crippen LogP contribution in [0.1, 0.15) is 10.4 Å². The number of carbonyl (C=O) groups is 1. The highest BCUT2D eigenvalue weighted by atomic mass is 35.5. The Kier molecular flexibility index (Phi) is 2.93. The number of phenols is 1. The van der Waals surface area contributed by atoms with Crippen molar-refractivity contribution in [1.82, 2.24) is 0 Å². The molecule has 0 fully saturated rings. The molecule has 0 aliphatic rings. The average Bonchev–Trinajstić information content (AvgIpc) is 2.33. The number of hydrogen-bond donors (Lipinski definition) is 1. The highest BCUT2D eigenvalue weighted by Crippen LogP contribution is 2.29. The molecule has 0 amide bonds. The fraction of sp³-hybridized carbons (Fsp3) is 0. The lowest BCUT2D eigenvalue weighted by Gasteiger charge is -2.04. The lowest BCUT2D eigenvalue weighted by molar-refractivity contribution is 0.112. The van der Waals surface area contributed by atoms with E-state index in [-0.39, 0.29) is 5.75 Å². The molecule has 0 aromatic heterocycles. The minimum Gasteiger partial charge on any atom is -0.506 e. The molecule has 0 aliphatic heterocycles. The third-order valence-corrected chi connectivity index (χ3v) is 2.61. The molecule has 0 radical (unpaired) electrons. The Bertz CT molecular complexity index is 535. The maximum absolute atomic E-state index is 10.6. The van der Waals surface area contributed by atoms with Crippen LogP contribution in [0.25, 0.3) is 11.1 Å². The summed E-state index contributed by atoms with van der Waals surface area (Å²) in [5.74, 6) is 0.0527. The molecule has 2 rings (SSSR count). The minimum atomic E-state index is 0.0527. The first-order valence-electron chi connectivity index (χ1n) is 4.75. The fourth-order valence-corrected chi connectivity index (χ4v) is 1.66. The van der Waals surface area contributed by atoms with Gasteiger partial charge in [-0.3, -0.25) is 4.79 Å². The lowest BCUT2D eigenvalue weighted by Crippen LogP contribution is -1.82. The molecule has 0 spiro atoms. The van der Waals surface area contributed by atoms with Crippen LogP contribution < -0.4 is 0 Å². The molecule has 2 aromatic carbocycles. The van der Waals surface area contributed by atoms with Gasteiger partial charge in [-0.2, -0.15) is 0 Å². The molecule has 1 N–H and O–H groups in total. The van der Waals surface area contributed by atoms with E-state index in [1.54, 1.807) is 30.3 Å². The van der Waals surface area contributed by atoms with Crippen LogP contribution in [0.15, 0.2) is 42.5 Å². The normalized spacial score (nSPS) is 10.1. The van der Waals surface area contributed by atoms with Gasteiger partial charge in [0.15, 0.2) is 0 Å². The number of carbonyl (C=O) groups excluding carboxylic acids is 1. The van der Waals surface area contributed by atoms with E-state index in [1.165, 1.54) is 6.07 Å².